The van der Waals surface area contributed by atoms with Crippen molar-refractivity contribution >= 4 is 17.3 Å². The van der Waals surface area contributed by atoms with Crippen LogP contribution in [0.1, 0.15) is 16.1 Å². The lowest BCUT2D eigenvalue weighted by molar-refractivity contribution is 0.0695. The molecule has 0 saturated heterocycles. The zero-order chi connectivity index (χ0) is 17.1. The molecule has 7 nitrogen and oxygen atoms in total. The highest BCUT2D eigenvalue weighted by molar-refractivity contribution is 7.13. The minimum Gasteiger partial charge on any atom is -0.478 e. The first-order chi connectivity index (χ1) is 11.6. The molecule has 3 aromatic heterocycles. The van der Waals surface area contributed by atoms with Crippen molar-refractivity contribution in [1.82, 2.24) is 15.0 Å². The Labute approximate surface area is 140 Å². The number of thiazole rings is 1. The molecule has 122 valence electrons. The molecule has 0 fully saturated rings. The van der Waals surface area contributed by atoms with E-state index in [0.29, 0.717) is 10.7 Å². The average molecular weight is 343 g/mol. The van der Waals surface area contributed by atoms with E-state index in [2.05, 4.69) is 15.0 Å². The second-order valence-corrected chi connectivity index (χ2v) is 5.82. The molecular weight excluding hydrogens is 330 g/mol. The van der Waals surface area contributed by atoms with Crippen LogP contribution in [-0.4, -0.2) is 37.7 Å². The van der Waals surface area contributed by atoms with Crippen molar-refractivity contribution in [2.24, 2.45) is 0 Å². The minimum atomic E-state index is -1.17. The summed E-state index contributed by atoms with van der Waals surface area (Å²) in [7, 11) is 0. The summed E-state index contributed by atoms with van der Waals surface area (Å²) in [6.07, 6.45) is 3.36. The summed E-state index contributed by atoms with van der Waals surface area (Å²) < 4.78 is 0. The third kappa shape index (κ3) is 3.10. The normalized spacial score (nSPS) is 10.7. The van der Waals surface area contributed by atoms with Gasteiger partial charge in [0.2, 0.25) is 0 Å². The van der Waals surface area contributed by atoms with Gasteiger partial charge in [0.1, 0.15) is 5.01 Å². The molecule has 0 amide bonds. The Kier molecular flexibility index (Phi) is 4.50. The van der Waals surface area contributed by atoms with Gasteiger partial charge in [-0.1, -0.05) is 0 Å². The molecule has 0 spiro atoms. The molecule has 3 N–H and O–H groups in total. The van der Waals surface area contributed by atoms with E-state index in [1.54, 1.807) is 29.9 Å². The van der Waals surface area contributed by atoms with Gasteiger partial charge >= 0.3 is 5.97 Å². The Morgan fingerprint density at radius 3 is 2.71 bits per heavy atom. The van der Waals surface area contributed by atoms with Crippen molar-refractivity contribution in [3.05, 3.63) is 57.6 Å². The average Bonchev–Trinajstić information content (AvgIpc) is 3.05. The van der Waals surface area contributed by atoms with Crippen LogP contribution in [0.5, 0.6) is 0 Å². The highest BCUT2D eigenvalue weighted by atomic mass is 32.1. The van der Waals surface area contributed by atoms with Crippen LogP contribution in [0.2, 0.25) is 0 Å². The van der Waals surface area contributed by atoms with Crippen LogP contribution in [0.25, 0.3) is 21.8 Å². The number of H-pyrrole nitrogens is 1. The third-order valence-electron chi connectivity index (χ3n) is 3.42. The number of carbonyl (C=O) groups is 1. The van der Waals surface area contributed by atoms with Crippen LogP contribution < -0.4 is 5.56 Å². The fourth-order valence-corrected chi connectivity index (χ4v) is 3.11. The van der Waals surface area contributed by atoms with Crippen molar-refractivity contribution in [1.29, 1.82) is 0 Å². The van der Waals surface area contributed by atoms with Crippen molar-refractivity contribution < 1.29 is 15.0 Å². The molecular formula is C16H13N3O4S. The molecule has 0 atom stereocenters. The predicted octanol–water partition coefficient (Wildman–Crippen LogP) is 1.79. The third-order valence-corrected chi connectivity index (χ3v) is 4.31. The zero-order valence-corrected chi connectivity index (χ0v) is 13.2. The van der Waals surface area contributed by atoms with Gasteiger partial charge in [-0.15, -0.1) is 11.3 Å². The van der Waals surface area contributed by atoms with Crippen LogP contribution in [0.3, 0.4) is 0 Å². The molecule has 0 radical (unpaired) electrons. The van der Waals surface area contributed by atoms with Gasteiger partial charge in [0.15, 0.2) is 0 Å². The number of aromatic carboxylic acids is 1. The lowest BCUT2D eigenvalue weighted by Crippen LogP contribution is -2.17. The Balaban J connectivity index is 2.07. The Morgan fingerprint density at radius 1 is 1.29 bits per heavy atom. The first kappa shape index (κ1) is 16.0. The first-order valence-electron chi connectivity index (χ1n) is 7.07. The van der Waals surface area contributed by atoms with Gasteiger partial charge in [0.05, 0.1) is 16.8 Å². The Hall–Kier alpha value is -2.84. The molecule has 0 aliphatic rings. The molecule has 24 heavy (non-hydrogen) atoms. The van der Waals surface area contributed by atoms with Crippen LogP contribution in [0.4, 0.5) is 0 Å². The van der Waals surface area contributed by atoms with Gasteiger partial charge in [-0.05, 0) is 18.2 Å². The number of carboxylic acids is 1. The fraction of sp³-hybridized carbons (Fsp3) is 0.125. The van der Waals surface area contributed by atoms with E-state index >= 15 is 0 Å². The number of aromatic nitrogens is 3. The van der Waals surface area contributed by atoms with Crippen molar-refractivity contribution in [3.8, 4) is 21.8 Å². The predicted molar refractivity (Wildman–Crippen MR) is 89.2 cm³/mol. The molecule has 0 aliphatic heterocycles. The minimum absolute atomic E-state index is 0.0443. The lowest BCUT2D eigenvalue weighted by atomic mass is 10.1. The van der Waals surface area contributed by atoms with E-state index in [9.17, 15) is 14.7 Å². The summed E-state index contributed by atoms with van der Waals surface area (Å²) in [6.45, 7) is -0.252. The number of carboxylic acid groups (broad SMARTS) is 1. The van der Waals surface area contributed by atoms with E-state index in [1.165, 1.54) is 17.4 Å². The molecule has 0 aliphatic carbocycles. The summed E-state index contributed by atoms with van der Waals surface area (Å²) in [5, 5.41) is 20.7. The van der Waals surface area contributed by atoms with Gasteiger partial charge in [0.25, 0.3) is 5.56 Å². The number of hydrogen-bond donors (Lipinski definition) is 3. The fourth-order valence-electron chi connectivity index (χ4n) is 2.28. The number of nitrogens with zero attached hydrogens (tertiary/aromatic N) is 2. The molecule has 0 aromatic carbocycles. The monoisotopic (exact) mass is 343 g/mol. The van der Waals surface area contributed by atoms with Gasteiger partial charge in [-0.25, -0.2) is 9.78 Å². The molecule has 0 unspecified atom stereocenters. The van der Waals surface area contributed by atoms with Crippen LogP contribution in [-0.2, 0) is 6.42 Å². The van der Waals surface area contributed by atoms with Gasteiger partial charge in [-0.2, -0.15) is 0 Å². The molecule has 8 heteroatoms. The highest BCUT2D eigenvalue weighted by Gasteiger charge is 2.17. The number of hydrogen-bond acceptors (Lipinski definition) is 6. The molecule has 3 heterocycles. The van der Waals surface area contributed by atoms with Gasteiger partial charge < -0.3 is 15.2 Å². The maximum Gasteiger partial charge on any atom is 0.337 e. The molecule has 3 rings (SSSR count). The maximum absolute atomic E-state index is 12.3. The Morgan fingerprint density at radius 2 is 2.04 bits per heavy atom. The summed E-state index contributed by atoms with van der Waals surface area (Å²) in [6, 6.07) is 4.91. The van der Waals surface area contributed by atoms with Crippen LogP contribution in [0, 0.1) is 0 Å². The topological polar surface area (TPSA) is 116 Å². The summed E-state index contributed by atoms with van der Waals surface area (Å²) in [5.74, 6) is -1.17. The zero-order valence-electron chi connectivity index (χ0n) is 12.4. The second kappa shape index (κ2) is 6.73. The summed E-state index contributed by atoms with van der Waals surface area (Å²) in [5.41, 5.74) is 1.18. The number of pyridine rings is 2. The Bertz CT molecular complexity index is 934. The summed E-state index contributed by atoms with van der Waals surface area (Å²) in [4.78, 5) is 34.5. The SMILES string of the molecule is O=C(O)c1cc(-c2csc(-c3ccncc3)n2)c(=O)[nH]c1CCO. The number of aliphatic hydroxyl groups excluding tert-OH is 1. The quantitative estimate of drug-likeness (QED) is 0.650. The maximum atomic E-state index is 12.3. The number of nitrogens with one attached hydrogen (secondary N) is 1. The van der Waals surface area contributed by atoms with Crippen molar-refractivity contribution in [2.45, 2.75) is 6.42 Å². The number of rotatable bonds is 5. The van der Waals surface area contributed by atoms with E-state index in [-0.39, 0.29) is 29.8 Å². The highest BCUT2D eigenvalue weighted by Crippen LogP contribution is 2.27. The molecule has 0 saturated carbocycles. The van der Waals surface area contributed by atoms with Gasteiger partial charge in [0, 0.05) is 42.1 Å². The standard InChI is InChI=1S/C16H13N3O4S/c20-6-3-12-11(16(22)23)7-10(14(21)18-12)13-8-24-15(19-13)9-1-4-17-5-2-9/h1-2,4-5,7-8,20H,3,6H2,(H,18,21)(H,22,23). The number of aliphatic hydroxyl groups is 1. The molecule has 3 aromatic rings. The van der Waals surface area contributed by atoms with Crippen molar-refractivity contribution in [3.63, 3.8) is 0 Å². The van der Waals surface area contributed by atoms with Crippen molar-refractivity contribution in [2.75, 3.05) is 6.61 Å². The molecule has 0 bridgehead atoms. The van der Waals surface area contributed by atoms with E-state index in [0.717, 1.165) is 5.56 Å². The van der Waals surface area contributed by atoms with Crippen LogP contribution in [0.15, 0.2) is 40.8 Å². The van der Waals surface area contributed by atoms with Gasteiger partial charge in [-0.3, -0.25) is 9.78 Å². The number of aromatic amines is 1. The lowest BCUT2D eigenvalue weighted by Gasteiger charge is -2.06. The van der Waals surface area contributed by atoms with Crippen LogP contribution >= 0.6 is 11.3 Å². The van der Waals surface area contributed by atoms with E-state index in [4.69, 9.17) is 5.11 Å². The second-order valence-electron chi connectivity index (χ2n) is 4.96. The largest absolute Gasteiger partial charge is 0.478 e. The summed E-state index contributed by atoms with van der Waals surface area (Å²) >= 11 is 1.36. The first-order valence-corrected chi connectivity index (χ1v) is 7.94. The van der Waals surface area contributed by atoms with E-state index < -0.39 is 11.5 Å². The van der Waals surface area contributed by atoms with E-state index in [1.807, 2.05) is 0 Å². The smallest absolute Gasteiger partial charge is 0.337 e.